The summed E-state index contributed by atoms with van der Waals surface area (Å²) in [5.74, 6) is -0.821. The van der Waals surface area contributed by atoms with E-state index in [1.807, 2.05) is 13.0 Å². The number of amides is 1. The van der Waals surface area contributed by atoms with E-state index < -0.39 is 0 Å². The van der Waals surface area contributed by atoms with Crippen molar-refractivity contribution in [2.45, 2.75) is 76.8 Å². The average Bonchev–Trinajstić information content (AvgIpc) is 3.67. The Morgan fingerprint density at radius 3 is 2.53 bits per heavy atom. The Bertz CT molecular complexity index is 1240. The number of rotatable bonds is 8. The first-order valence-electron chi connectivity index (χ1n) is 12.5. The Morgan fingerprint density at radius 1 is 1.06 bits per heavy atom. The normalized spacial score (nSPS) is 26.1. The molecule has 2 fully saturated rings. The smallest absolute Gasteiger partial charge is 0.260 e. The van der Waals surface area contributed by atoms with Gasteiger partial charge in [-0.15, -0.1) is 0 Å². The van der Waals surface area contributed by atoms with E-state index in [2.05, 4.69) is 26.1 Å². The molecule has 8 nitrogen and oxygen atoms in total. The first-order chi connectivity index (χ1) is 17.0. The van der Waals surface area contributed by atoms with Crippen LogP contribution in [-0.4, -0.2) is 51.2 Å². The number of para-hydroxylation sites is 1. The molecule has 0 radical (unpaired) electrons. The number of aromatic hydroxyl groups is 3. The molecule has 0 spiro atoms. The van der Waals surface area contributed by atoms with Crippen LogP contribution in [0.2, 0.25) is 0 Å². The predicted molar refractivity (Wildman–Crippen MR) is 137 cm³/mol. The second-order valence-corrected chi connectivity index (χ2v) is 10.9. The number of allylic oxidation sites excluding steroid dienone is 1. The molecule has 0 bridgehead atoms. The van der Waals surface area contributed by atoms with Crippen LogP contribution in [0.4, 0.5) is 17.1 Å². The number of nitrogens with zero attached hydrogens (tertiary/aromatic N) is 1. The van der Waals surface area contributed by atoms with Crippen molar-refractivity contribution in [2.24, 2.45) is 0 Å². The molecule has 0 saturated carbocycles. The monoisotopic (exact) mass is 494 g/mol. The molecule has 5 rings (SSSR count). The number of epoxide rings is 2. The van der Waals surface area contributed by atoms with E-state index in [0.717, 1.165) is 31.3 Å². The summed E-state index contributed by atoms with van der Waals surface area (Å²) in [5, 5.41) is 33.9. The number of anilines is 3. The molecule has 3 heterocycles. The number of nitrogens with one attached hydrogen (secondary N) is 1. The Kier molecular flexibility index (Phi) is 5.92. The number of benzene rings is 2. The molecule has 3 aliphatic heterocycles. The fraction of sp³-hybridized carbons (Fsp3) is 0.464. The zero-order chi connectivity index (χ0) is 25.8. The molecule has 0 aromatic heterocycles. The lowest BCUT2D eigenvalue weighted by atomic mass is 9.94. The Labute approximate surface area is 211 Å². The van der Waals surface area contributed by atoms with E-state index in [4.69, 9.17) is 9.47 Å². The summed E-state index contributed by atoms with van der Waals surface area (Å²) in [6, 6.07) is 7.32. The van der Waals surface area contributed by atoms with Gasteiger partial charge in [-0.25, -0.2) is 0 Å². The van der Waals surface area contributed by atoms with Crippen LogP contribution < -0.4 is 10.2 Å². The number of phenolic OH excluding ortho intramolecular Hbond substituents is 3. The fourth-order valence-electron chi connectivity index (χ4n) is 5.09. The van der Waals surface area contributed by atoms with Crippen LogP contribution in [0, 0.1) is 0 Å². The average molecular weight is 495 g/mol. The van der Waals surface area contributed by atoms with Crippen molar-refractivity contribution < 1.29 is 29.6 Å². The van der Waals surface area contributed by atoms with Crippen LogP contribution in [0.25, 0.3) is 0 Å². The lowest BCUT2D eigenvalue weighted by Crippen LogP contribution is -2.30. The third kappa shape index (κ3) is 4.63. The summed E-state index contributed by atoms with van der Waals surface area (Å²) in [6.07, 6.45) is 6.26. The molecule has 192 valence electrons. The molecular formula is C28H34N2O6. The number of fused-ring (bicyclic) bond motifs is 2. The quantitative estimate of drug-likeness (QED) is 0.169. The van der Waals surface area contributed by atoms with Crippen LogP contribution in [-0.2, 0) is 9.47 Å². The van der Waals surface area contributed by atoms with Crippen LogP contribution >= 0.6 is 0 Å². The van der Waals surface area contributed by atoms with Gasteiger partial charge in [0.2, 0.25) is 0 Å². The van der Waals surface area contributed by atoms with E-state index in [9.17, 15) is 20.1 Å². The van der Waals surface area contributed by atoms with Gasteiger partial charge >= 0.3 is 0 Å². The highest BCUT2D eigenvalue weighted by atomic mass is 16.6. The lowest BCUT2D eigenvalue weighted by molar-refractivity contribution is 0.0991. The van der Waals surface area contributed by atoms with E-state index in [1.165, 1.54) is 23.1 Å². The molecule has 0 aliphatic carbocycles. The molecule has 8 heteroatoms. The third-order valence-electron chi connectivity index (χ3n) is 7.67. The summed E-state index contributed by atoms with van der Waals surface area (Å²) < 4.78 is 11.7. The van der Waals surface area contributed by atoms with Crippen molar-refractivity contribution in [2.75, 3.05) is 16.8 Å². The second-order valence-electron chi connectivity index (χ2n) is 10.9. The third-order valence-corrected chi connectivity index (χ3v) is 7.67. The molecule has 3 atom stereocenters. The zero-order valence-corrected chi connectivity index (χ0v) is 21.2. The van der Waals surface area contributed by atoms with E-state index in [0.29, 0.717) is 11.8 Å². The first-order valence-corrected chi connectivity index (χ1v) is 12.5. The van der Waals surface area contributed by atoms with Gasteiger partial charge < -0.3 is 35.0 Å². The molecule has 36 heavy (non-hydrogen) atoms. The Balaban J connectivity index is 1.27. The maximum atomic E-state index is 13.5. The number of carbonyl (C=O) groups excluding carboxylic acids is 1. The molecule has 4 N–H and O–H groups in total. The van der Waals surface area contributed by atoms with E-state index in [1.54, 1.807) is 12.1 Å². The fourth-order valence-corrected chi connectivity index (χ4v) is 5.09. The summed E-state index contributed by atoms with van der Waals surface area (Å²) in [4.78, 5) is 15.0. The van der Waals surface area contributed by atoms with Gasteiger partial charge in [0.25, 0.3) is 5.91 Å². The van der Waals surface area contributed by atoms with Gasteiger partial charge in [0.15, 0.2) is 0 Å². The van der Waals surface area contributed by atoms with Gasteiger partial charge in [0, 0.05) is 18.7 Å². The molecule has 3 unspecified atom stereocenters. The molecular weight excluding hydrogens is 460 g/mol. The number of carbonyl (C=O) groups is 1. The van der Waals surface area contributed by atoms with Gasteiger partial charge in [-0.05, 0) is 65.5 Å². The van der Waals surface area contributed by atoms with Gasteiger partial charge in [-0.2, -0.15) is 0 Å². The molecule has 2 saturated heterocycles. The SMILES string of the molecule is CC(=CCN1C(=O)c2cccc(O)c2Nc2c(O)cc(O)cc21)CCC1OC1(C)CCC1OC1(C)C. The van der Waals surface area contributed by atoms with E-state index >= 15 is 0 Å². The highest BCUT2D eigenvalue weighted by Gasteiger charge is 2.54. The highest BCUT2D eigenvalue weighted by Crippen LogP contribution is 2.48. The summed E-state index contributed by atoms with van der Waals surface area (Å²) >= 11 is 0. The standard InChI is InChI=1S/C28H34N2O6/c1-16(8-9-23-28(4,36-23)12-10-22-27(2,3)35-22)11-13-30-19-14-17(31)15-21(33)25(19)29-24-18(26(30)34)6-5-7-20(24)32/h5-7,11,14-15,22-23,29,31-33H,8-10,12-13H2,1-4H3. The van der Waals surface area contributed by atoms with Crippen molar-refractivity contribution in [3.05, 3.63) is 47.5 Å². The Hall–Kier alpha value is -3.23. The largest absolute Gasteiger partial charge is 0.508 e. The van der Waals surface area contributed by atoms with Gasteiger partial charge in [0.1, 0.15) is 22.9 Å². The lowest BCUT2D eigenvalue weighted by Gasteiger charge is -2.22. The van der Waals surface area contributed by atoms with Crippen LogP contribution in [0.1, 0.15) is 63.7 Å². The molecule has 2 aromatic rings. The van der Waals surface area contributed by atoms with Gasteiger partial charge in [-0.1, -0.05) is 17.7 Å². The number of phenols is 3. The van der Waals surface area contributed by atoms with Crippen molar-refractivity contribution in [3.63, 3.8) is 0 Å². The molecule has 2 aromatic carbocycles. The first kappa shape index (κ1) is 24.5. The highest BCUT2D eigenvalue weighted by molar-refractivity contribution is 6.15. The predicted octanol–water partition coefficient (Wildman–Crippen LogP) is 5.35. The summed E-state index contributed by atoms with van der Waals surface area (Å²) in [5.41, 5.74) is 2.11. The number of hydrogen-bond acceptors (Lipinski definition) is 7. The zero-order valence-electron chi connectivity index (χ0n) is 21.2. The topological polar surface area (TPSA) is 118 Å². The molecule has 3 aliphatic rings. The summed E-state index contributed by atoms with van der Waals surface area (Å²) in [6.45, 7) is 8.67. The van der Waals surface area contributed by atoms with Crippen molar-refractivity contribution in [1.82, 2.24) is 0 Å². The van der Waals surface area contributed by atoms with Crippen LogP contribution in [0.3, 0.4) is 0 Å². The Morgan fingerprint density at radius 2 is 1.81 bits per heavy atom. The van der Waals surface area contributed by atoms with Crippen LogP contribution in [0.5, 0.6) is 17.2 Å². The van der Waals surface area contributed by atoms with Crippen LogP contribution in [0.15, 0.2) is 42.0 Å². The maximum absolute atomic E-state index is 13.5. The minimum Gasteiger partial charge on any atom is -0.508 e. The minimum atomic E-state index is -0.343. The minimum absolute atomic E-state index is 0.00577. The van der Waals surface area contributed by atoms with Crippen molar-refractivity contribution in [3.8, 4) is 17.2 Å². The van der Waals surface area contributed by atoms with Crippen molar-refractivity contribution >= 4 is 23.0 Å². The molecule has 1 amide bonds. The van der Waals surface area contributed by atoms with Gasteiger partial charge in [0.05, 0.1) is 40.3 Å². The summed E-state index contributed by atoms with van der Waals surface area (Å²) in [7, 11) is 0. The van der Waals surface area contributed by atoms with Crippen molar-refractivity contribution in [1.29, 1.82) is 0 Å². The van der Waals surface area contributed by atoms with E-state index in [-0.39, 0.29) is 63.9 Å². The number of hydrogen-bond donors (Lipinski definition) is 4. The maximum Gasteiger partial charge on any atom is 0.260 e. The number of ether oxygens (including phenoxy) is 2. The second kappa shape index (κ2) is 8.71. The van der Waals surface area contributed by atoms with Gasteiger partial charge in [-0.3, -0.25) is 4.79 Å².